The summed E-state index contributed by atoms with van der Waals surface area (Å²) in [6, 6.07) is 8.38. The molecule has 1 aromatic rings. The summed E-state index contributed by atoms with van der Waals surface area (Å²) in [5.41, 5.74) is 7.53. The third kappa shape index (κ3) is 3.78. The molecule has 1 aromatic carbocycles. The first-order valence-corrected chi connectivity index (χ1v) is 8.06. The number of hydrogen-bond acceptors (Lipinski definition) is 3. The summed E-state index contributed by atoms with van der Waals surface area (Å²) in [5.74, 6) is 2.48. The average Bonchev–Trinajstić information content (AvgIpc) is 2.50. The molecule has 1 fully saturated rings. The number of hydrogen-bond donors (Lipinski definition) is 1. The Hall–Kier alpha value is -1.06. The maximum atomic E-state index is 6.16. The van der Waals surface area contributed by atoms with E-state index in [1.807, 2.05) is 12.1 Å². The van der Waals surface area contributed by atoms with E-state index in [-0.39, 0.29) is 5.54 Å². The topological polar surface area (TPSA) is 38.5 Å². The zero-order chi connectivity index (χ0) is 15.5. The number of piperidine rings is 1. The predicted molar refractivity (Wildman–Crippen MR) is 88.7 cm³/mol. The molecule has 0 aromatic heterocycles. The van der Waals surface area contributed by atoms with Crippen molar-refractivity contribution in [1.82, 2.24) is 4.90 Å². The molecule has 1 heterocycles. The number of methoxy groups -OCH3 is 1. The van der Waals surface area contributed by atoms with Gasteiger partial charge in [0.1, 0.15) is 5.75 Å². The van der Waals surface area contributed by atoms with Gasteiger partial charge in [-0.3, -0.25) is 4.90 Å². The Bertz CT molecular complexity index is 445. The summed E-state index contributed by atoms with van der Waals surface area (Å²) in [5, 5.41) is 0. The molecule has 3 atom stereocenters. The van der Waals surface area contributed by atoms with Gasteiger partial charge in [0.2, 0.25) is 0 Å². The number of rotatable bonds is 5. The highest BCUT2D eigenvalue weighted by Gasteiger charge is 2.35. The van der Waals surface area contributed by atoms with Crippen molar-refractivity contribution in [2.24, 2.45) is 17.6 Å². The van der Waals surface area contributed by atoms with Crippen molar-refractivity contribution < 1.29 is 4.74 Å². The van der Waals surface area contributed by atoms with Crippen LogP contribution in [0.4, 0.5) is 0 Å². The maximum absolute atomic E-state index is 6.16. The van der Waals surface area contributed by atoms with Crippen molar-refractivity contribution in [3.8, 4) is 5.75 Å². The van der Waals surface area contributed by atoms with Crippen molar-refractivity contribution in [3.63, 3.8) is 0 Å². The lowest BCUT2D eigenvalue weighted by Gasteiger charge is -2.46. The molecular weight excluding hydrogens is 260 g/mol. The van der Waals surface area contributed by atoms with Crippen LogP contribution in [0.25, 0.3) is 0 Å². The number of benzene rings is 1. The van der Waals surface area contributed by atoms with E-state index in [0.717, 1.165) is 37.1 Å². The fraction of sp³-hybridized carbons (Fsp3) is 0.667. The zero-order valence-electron chi connectivity index (χ0n) is 13.9. The van der Waals surface area contributed by atoms with Crippen LogP contribution in [0.2, 0.25) is 0 Å². The molecule has 1 saturated heterocycles. The molecule has 0 amide bonds. The Balaban J connectivity index is 2.09. The number of nitrogens with two attached hydrogens (primary N) is 1. The molecular formula is C18H30N2O. The van der Waals surface area contributed by atoms with Gasteiger partial charge in [-0.05, 0) is 55.8 Å². The SMILES string of the molecule is COc1ccc(CC(C)(CN)N2CCC(C)C(C)C2)cc1. The van der Waals surface area contributed by atoms with Crippen molar-refractivity contribution in [2.45, 2.75) is 39.2 Å². The van der Waals surface area contributed by atoms with Crippen LogP contribution in [0.15, 0.2) is 24.3 Å². The quantitative estimate of drug-likeness (QED) is 0.906. The molecule has 3 heteroatoms. The molecule has 0 radical (unpaired) electrons. The second kappa shape index (κ2) is 6.80. The fourth-order valence-corrected chi connectivity index (χ4v) is 3.25. The maximum Gasteiger partial charge on any atom is 0.118 e. The summed E-state index contributed by atoms with van der Waals surface area (Å²) in [6.07, 6.45) is 2.27. The van der Waals surface area contributed by atoms with E-state index in [1.165, 1.54) is 12.0 Å². The molecule has 1 aliphatic rings. The highest BCUT2D eigenvalue weighted by atomic mass is 16.5. The van der Waals surface area contributed by atoms with Gasteiger partial charge in [-0.25, -0.2) is 0 Å². The second-order valence-electron chi connectivity index (χ2n) is 6.92. The number of nitrogens with zero attached hydrogens (tertiary/aromatic N) is 1. The fourth-order valence-electron chi connectivity index (χ4n) is 3.25. The summed E-state index contributed by atoms with van der Waals surface area (Å²) >= 11 is 0. The van der Waals surface area contributed by atoms with Gasteiger partial charge in [0.25, 0.3) is 0 Å². The third-order valence-corrected chi connectivity index (χ3v) is 5.28. The molecule has 2 rings (SSSR count). The Morgan fingerprint density at radius 2 is 1.90 bits per heavy atom. The Morgan fingerprint density at radius 3 is 2.43 bits per heavy atom. The monoisotopic (exact) mass is 290 g/mol. The van der Waals surface area contributed by atoms with E-state index in [9.17, 15) is 0 Å². The van der Waals surface area contributed by atoms with E-state index in [4.69, 9.17) is 10.5 Å². The van der Waals surface area contributed by atoms with Gasteiger partial charge in [-0.15, -0.1) is 0 Å². The Morgan fingerprint density at radius 1 is 1.24 bits per heavy atom. The molecule has 0 aliphatic carbocycles. The summed E-state index contributed by atoms with van der Waals surface area (Å²) in [4.78, 5) is 2.60. The van der Waals surface area contributed by atoms with Crippen LogP contribution in [0, 0.1) is 11.8 Å². The lowest BCUT2D eigenvalue weighted by molar-refractivity contribution is 0.0416. The summed E-state index contributed by atoms with van der Waals surface area (Å²) in [6.45, 7) is 10.0. The van der Waals surface area contributed by atoms with Crippen LogP contribution < -0.4 is 10.5 Å². The van der Waals surface area contributed by atoms with Gasteiger partial charge in [-0.2, -0.15) is 0 Å². The van der Waals surface area contributed by atoms with Crippen LogP contribution >= 0.6 is 0 Å². The number of ether oxygens (including phenoxy) is 1. The van der Waals surface area contributed by atoms with Crippen LogP contribution in [-0.4, -0.2) is 37.2 Å². The largest absolute Gasteiger partial charge is 0.497 e. The highest BCUT2D eigenvalue weighted by molar-refractivity contribution is 5.28. The van der Waals surface area contributed by atoms with E-state index in [0.29, 0.717) is 6.54 Å². The van der Waals surface area contributed by atoms with Crippen molar-refractivity contribution in [1.29, 1.82) is 0 Å². The minimum Gasteiger partial charge on any atom is -0.497 e. The molecule has 3 nitrogen and oxygen atoms in total. The molecule has 3 unspecified atom stereocenters. The van der Waals surface area contributed by atoms with E-state index < -0.39 is 0 Å². The van der Waals surface area contributed by atoms with Gasteiger partial charge in [0.05, 0.1) is 7.11 Å². The van der Waals surface area contributed by atoms with Crippen LogP contribution in [0.5, 0.6) is 5.75 Å². The van der Waals surface area contributed by atoms with Crippen molar-refractivity contribution in [3.05, 3.63) is 29.8 Å². The molecule has 0 saturated carbocycles. The van der Waals surface area contributed by atoms with E-state index in [1.54, 1.807) is 7.11 Å². The first-order valence-electron chi connectivity index (χ1n) is 8.06. The molecule has 21 heavy (non-hydrogen) atoms. The normalized spacial score (nSPS) is 26.3. The van der Waals surface area contributed by atoms with Crippen LogP contribution in [-0.2, 0) is 6.42 Å². The molecule has 0 spiro atoms. The van der Waals surface area contributed by atoms with Crippen LogP contribution in [0.3, 0.4) is 0 Å². The van der Waals surface area contributed by atoms with Gasteiger partial charge in [0.15, 0.2) is 0 Å². The molecule has 2 N–H and O–H groups in total. The standard InChI is InChI=1S/C18H30N2O/c1-14-9-10-20(12-15(14)2)18(3,13-19)11-16-5-7-17(21-4)8-6-16/h5-8,14-15H,9-13,19H2,1-4H3. The van der Waals surface area contributed by atoms with E-state index >= 15 is 0 Å². The smallest absolute Gasteiger partial charge is 0.118 e. The predicted octanol–water partition coefficient (Wildman–Crippen LogP) is 2.93. The minimum atomic E-state index is 0.0446. The Labute approximate surface area is 129 Å². The molecule has 118 valence electrons. The number of likely N-dealkylation sites (tertiary alicyclic amines) is 1. The molecule has 1 aliphatic heterocycles. The van der Waals surface area contributed by atoms with Gasteiger partial charge in [0, 0.05) is 18.6 Å². The molecule has 0 bridgehead atoms. The van der Waals surface area contributed by atoms with Crippen molar-refractivity contribution in [2.75, 3.05) is 26.7 Å². The average molecular weight is 290 g/mol. The minimum absolute atomic E-state index is 0.0446. The first-order chi connectivity index (χ1) is 9.98. The van der Waals surface area contributed by atoms with E-state index in [2.05, 4.69) is 37.8 Å². The Kier molecular flexibility index (Phi) is 5.28. The second-order valence-corrected chi connectivity index (χ2v) is 6.92. The lowest BCUT2D eigenvalue weighted by atomic mass is 9.83. The zero-order valence-corrected chi connectivity index (χ0v) is 13.9. The third-order valence-electron chi connectivity index (χ3n) is 5.28. The van der Waals surface area contributed by atoms with Gasteiger partial charge >= 0.3 is 0 Å². The van der Waals surface area contributed by atoms with Gasteiger partial charge < -0.3 is 10.5 Å². The van der Waals surface area contributed by atoms with Gasteiger partial charge in [-0.1, -0.05) is 26.0 Å². The summed E-state index contributed by atoms with van der Waals surface area (Å²) < 4.78 is 5.23. The lowest BCUT2D eigenvalue weighted by Crippen LogP contribution is -2.57. The summed E-state index contributed by atoms with van der Waals surface area (Å²) in [7, 11) is 1.70. The van der Waals surface area contributed by atoms with Crippen molar-refractivity contribution >= 4 is 0 Å². The highest BCUT2D eigenvalue weighted by Crippen LogP contribution is 2.30. The van der Waals surface area contributed by atoms with Crippen LogP contribution in [0.1, 0.15) is 32.8 Å². The first kappa shape index (κ1) is 16.3.